The molecule has 1 heterocycles. The summed E-state index contributed by atoms with van der Waals surface area (Å²) in [5.74, 6) is 1.14. The summed E-state index contributed by atoms with van der Waals surface area (Å²) in [6, 6.07) is 3.62. The highest BCUT2D eigenvalue weighted by molar-refractivity contribution is 6.29. The minimum atomic E-state index is -0.0807. The van der Waals surface area contributed by atoms with Gasteiger partial charge in [-0.1, -0.05) is 18.5 Å². The SMILES string of the molecule is CCNc1cc(C(=O)NC2CC2C)cc(Cl)n1. The Morgan fingerprint density at radius 2 is 2.29 bits per heavy atom. The van der Waals surface area contributed by atoms with Crippen molar-refractivity contribution in [1.82, 2.24) is 10.3 Å². The van der Waals surface area contributed by atoms with Crippen LogP contribution in [0.2, 0.25) is 5.15 Å². The first-order chi connectivity index (χ1) is 8.10. The maximum absolute atomic E-state index is 11.9. The van der Waals surface area contributed by atoms with Gasteiger partial charge in [-0.25, -0.2) is 4.98 Å². The molecule has 0 radical (unpaired) electrons. The molecular weight excluding hydrogens is 238 g/mol. The molecule has 1 aromatic rings. The Morgan fingerprint density at radius 1 is 1.59 bits per heavy atom. The number of rotatable bonds is 4. The first-order valence-electron chi connectivity index (χ1n) is 5.82. The summed E-state index contributed by atoms with van der Waals surface area (Å²) in [4.78, 5) is 16.0. The Labute approximate surface area is 106 Å². The molecule has 1 saturated carbocycles. The maximum Gasteiger partial charge on any atom is 0.251 e. The molecule has 1 aliphatic rings. The quantitative estimate of drug-likeness (QED) is 0.810. The average Bonchev–Trinajstić information content (AvgIpc) is 2.93. The Hall–Kier alpha value is -1.29. The molecule has 0 bridgehead atoms. The molecule has 0 spiro atoms. The third-order valence-electron chi connectivity index (χ3n) is 2.84. The largest absolute Gasteiger partial charge is 0.370 e. The van der Waals surface area contributed by atoms with E-state index in [-0.39, 0.29) is 5.91 Å². The number of amides is 1. The van der Waals surface area contributed by atoms with E-state index in [9.17, 15) is 4.79 Å². The van der Waals surface area contributed by atoms with Crippen LogP contribution in [0.1, 0.15) is 30.6 Å². The number of hydrogen-bond donors (Lipinski definition) is 2. The molecule has 1 fully saturated rings. The van der Waals surface area contributed by atoms with E-state index in [4.69, 9.17) is 11.6 Å². The standard InChI is InChI=1S/C12H16ClN3O/c1-3-14-11-6-8(5-10(13)16-11)12(17)15-9-4-7(9)2/h5-7,9H,3-4H2,1-2H3,(H,14,16)(H,15,17). The summed E-state index contributed by atoms with van der Waals surface area (Å²) in [6.45, 7) is 4.83. The molecule has 2 atom stereocenters. The molecular formula is C12H16ClN3O. The molecule has 2 unspecified atom stereocenters. The number of hydrogen-bond acceptors (Lipinski definition) is 3. The van der Waals surface area contributed by atoms with Gasteiger partial charge in [0.15, 0.2) is 0 Å². The minimum Gasteiger partial charge on any atom is -0.370 e. The first kappa shape index (κ1) is 12.2. The van der Waals surface area contributed by atoms with Crippen molar-refractivity contribution in [3.05, 3.63) is 22.8 Å². The highest BCUT2D eigenvalue weighted by atomic mass is 35.5. The van der Waals surface area contributed by atoms with Crippen LogP contribution in [-0.2, 0) is 0 Å². The van der Waals surface area contributed by atoms with Crippen LogP contribution in [0.4, 0.5) is 5.82 Å². The van der Waals surface area contributed by atoms with Crippen LogP contribution in [0.5, 0.6) is 0 Å². The number of anilines is 1. The Kier molecular flexibility index (Phi) is 3.52. The molecule has 1 amide bonds. The zero-order valence-electron chi connectivity index (χ0n) is 9.96. The third-order valence-corrected chi connectivity index (χ3v) is 3.03. The van der Waals surface area contributed by atoms with Crippen molar-refractivity contribution in [3.63, 3.8) is 0 Å². The van der Waals surface area contributed by atoms with Gasteiger partial charge in [0.25, 0.3) is 5.91 Å². The molecule has 17 heavy (non-hydrogen) atoms. The fraction of sp³-hybridized carbons (Fsp3) is 0.500. The lowest BCUT2D eigenvalue weighted by molar-refractivity contribution is 0.0949. The number of halogens is 1. The number of aromatic nitrogens is 1. The van der Waals surface area contributed by atoms with Crippen molar-refractivity contribution in [3.8, 4) is 0 Å². The van der Waals surface area contributed by atoms with Gasteiger partial charge < -0.3 is 10.6 Å². The summed E-state index contributed by atoms with van der Waals surface area (Å²) >= 11 is 5.88. The first-order valence-corrected chi connectivity index (χ1v) is 6.20. The second-order valence-corrected chi connectivity index (χ2v) is 4.77. The normalized spacial score (nSPS) is 22.1. The zero-order valence-corrected chi connectivity index (χ0v) is 10.7. The van der Waals surface area contributed by atoms with Crippen LogP contribution in [0.3, 0.4) is 0 Å². The highest BCUT2D eigenvalue weighted by Crippen LogP contribution is 2.29. The minimum absolute atomic E-state index is 0.0807. The van der Waals surface area contributed by atoms with E-state index < -0.39 is 0 Å². The number of carbonyl (C=O) groups excluding carboxylic acids is 1. The molecule has 0 saturated heterocycles. The maximum atomic E-state index is 11.9. The molecule has 92 valence electrons. The Morgan fingerprint density at radius 3 is 2.88 bits per heavy atom. The lowest BCUT2D eigenvalue weighted by Gasteiger charge is -2.07. The average molecular weight is 254 g/mol. The fourth-order valence-electron chi connectivity index (χ4n) is 1.67. The van der Waals surface area contributed by atoms with E-state index in [2.05, 4.69) is 22.5 Å². The molecule has 0 aliphatic heterocycles. The summed E-state index contributed by atoms with van der Waals surface area (Å²) in [7, 11) is 0. The lowest BCUT2D eigenvalue weighted by atomic mass is 10.2. The van der Waals surface area contributed by atoms with Crippen LogP contribution in [0, 0.1) is 5.92 Å². The molecule has 1 aliphatic carbocycles. The summed E-state index contributed by atoms with van der Waals surface area (Å²) in [6.07, 6.45) is 1.06. The second-order valence-electron chi connectivity index (χ2n) is 4.39. The zero-order chi connectivity index (χ0) is 12.4. The van der Waals surface area contributed by atoms with Gasteiger partial charge in [0.05, 0.1) is 0 Å². The van der Waals surface area contributed by atoms with E-state index >= 15 is 0 Å². The number of nitrogens with one attached hydrogen (secondary N) is 2. The molecule has 5 heteroatoms. The summed E-state index contributed by atoms with van der Waals surface area (Å²) < 4.78 is 0. The van der Waals surface area contributed by atoms with Crippen molar-refractivity contribution >= 4 is 23.3 Å². The predicted molar refractivity (Wildman–Crippen MR) is 68.4 cm³/mol. The van der Waals surface area contributed by atoms with Crippen molar-refractivity contribution in [2.24, 2.45) is 5.92 Å². The highest BCUT2D eigenvalue weighted by Gasteiger charge is 2.34. The van der Waals surface area contributed by atoms with E-state index in [1.807, 2.05) is 6.92 Å². The lowest BCUT2D eigenvalue weighted by Crippen LogP contribution is -2.26. The number of nitrogens with zero attached hydrogens (tertiary/aromatic N) is 1. The van der Waals surface area contributed by atoms with Crippen molar-refractivity contribution in [2.45, 2.75) is 26.3 Å². The number of carbonyl (C=O) groups is 1. The summed E-state index contributed by atoms with van der Waals surface area (Å²) in [5, 5.41) is 6.34. The van der Waals surface area contributed by atoms with Crippen LogP contribution < -0.4 is 10.6 Å². The molecule has 1 aromatic heterocycles. The summed E-state index contributed by atoms with van der Waals surface area (Å²) in [5.41, 5.74) is 0.556. The Balaban J connectivity index is 2.10. The monoisotopic (exact) mass is 253 g/mol. The second kappa shape index (κ2) is 4.92. The fourth-order valence-corrected chi connectivity index (χ4v) is 1.88. The smallest absolute Gasteiger partial charge is 0.251 e. The predicted octanol–water partition coefficient (Wildman–Crippen LogP) is 2.30. The third kappa shape index (κ3) is 3.09. The van der Waals surface area contributed by atoms with Gasteiger partial charge in [-0.2, -0.15) is 0 Å². The van der Waals surface area contributed by atoms with Crippen molar-refractivity contribution in [1.29, 1.82) is 0 Å². The molecule has 4 nitrogen and oxygen atoms in total. The van der Waals surface area contributed by atoms with Gasteiger partial charge >= 0.3 is 0 Å². The van der Waals surface area contributed by atoms with Crippen LogP contribution in [0.15, 0.2) is 12.1 Å². The van der Waals surface area contributed by atoms with Crippen LogP contribution in [-0.4, -0.2) is 23.5 Å². The van der Waals surface area contributed by atoms with E-state index in [1.54, 1.807) is 12.1 Å². The van der Waals surface area contributed by atoms with Gasteiger partial charge in [-0.3, -0.25) is 4.79 Å². The molecule has 0 aromatic carbocycles. The topological polar surface area (TPSA) is 54.0 Å². The molecule has 2 rings (SSSR count). The molecule has 2 N–H and O–H groups in total. The Bertz CT molecular complexity index is 436. The van der Waals surface area contributed by atoms with Crippen LogP contribution in [0.25, 0.3) is 0 Å². The van der Waals surface area contributed by atoms with Crippen LogP contribution >= 0.6 is 11.6 Å². The van der Waals surface area contributed by atoms with Crippen molar-refractivity contribution < 1.29 is 4.79 Å². The number of pyridine rings is 1. The van der Waals surface area contributed by atoms with E-state index in [0.29, 0.717) is 28.5 Å². The van der Waals surface area contributed by atoms with Gasteiger partial charge in [0.2, 0.25) is 0 Å². The van der Waals surface area contributed by atoms with Gasteiger partial charge in [-0.05, 0) is 31.4 Å². The van der Waals surface area contributed by atoms with Gasteiger partial charge in [0, 0.05) is 18.2 Å². The van der Waals surface area contributed by atoms with E-state index in [0.717, 1.165) is 13.0 Å². The van der Waals surface area contributed by atoms with Crippen molar-refractivity contribution in [2.75, 3.05) is 11.9 Å². The van der Waals surface area contributed by atoms with E-state index in [1.165, 1.54) is 0 Å². The van der Waals surface area contributed by atoms with Gasteiger partial charge in [-0.15, -0.1) is 0 Å². The van der Waals surface area contributed by atoms with Gasteiger partial charge in [0.1, 0.15) is 11.0 Å².